The van der Waals surface area contributed by atoms with Gasteiger partial charge in [0.05, 0.1) is 12.2 Å². The van der Waals surface area contributed by atoms with Gasteiger partial charge in [-0.25, -0.2) is 4.98 Å². The van der Waals surface area contributed by atoms with E-state index in [2.05, 4.69) is 10.3 Å². The van der Waals surface area contributed by atoms with E-state index in [0.29, 0.717) is 32.6 Å². The molecule has 0 aromatic carbocycles. The lowest BCUT2D eigenvalue weighted by atomic mass is 9.81. The van der Waals surface area contributed by atoms with Crippen LogP contribution in [0.2, 0.25) is 5.15 Å². The Morgan fingerprint density at radius 2 is 2.00 bits per heavy atom. The second-order valence-corrected chi connectivity index (χ2v) is 5.57. The van der Waals surface area contributed by atoms with Crippen LogP contribution in [-0.2, 0) is 10.9 Å². The second kappa shape index (κ2) is 6.37. The number of nitrogens with one attached hydrogen (secondary N) is 1. The minimum absolute atomic E-state index is 0.0501. The first kappa shape index (κ1) is 16.3. The second-order valence-electron chi connectivity index (χ2n) is 5.19. The highest BCUT2D eigenvalue weighted by Crippen LogP contribution is 2.33. The van der Waals surface area contributed by atoms with E-state index in [1.807, 2.05) is 0 Å². The Morgan fingerprint density at radius 1 is 1.33 bits per heavy atom. The molecular weight excluding hydrogens is 309 g/mol. The predicted octanol–water partition coefficient (Wildman–Crippen LogP) is 2.95. The zero-order valence-electron chi connectivity index (χ0n) is 11.2. The highest BCUT2D eigenvalue weighted by atomic mass is 35.5. The van der Waals surface area contributed by atoms with Gasteiger partial charge in [0.1, 0.15) is 11.0 Å². The molecule has 1 fully saturated rings. The number of anilines is 1. The van der Waals surface area contributed by atoms with E-state index in [-0.39, 0.29) is 17.6 Å². The van der Waals surface area contributed by atoms with Crippen LogP contribution in [0.4, 0.5) is 19.0 Å². The number of hydrogen-bond donors (Lipinski definition) is 2. The summed E-state index contributed by atoms with van der Waals surface area (Å²) in [4.78, 5) is 3.84. The number of nitrogens with zero attached hydrogens (tertiary/aromatic N) is 1. The van der Waals surface area contributed by atoms with Crippen LogP contribution in [0, 0.1) is 5.41 Å². The van der Waals surface area contributed by atoms with E-state index in [4.69, 9.17) is 16.3 Å². The Kier molecular flexibility index (Phi) is 4.95. The average Bonchev–Trinajstić information content (AvgIpc) is 2.45. The zero-order chi connectivity index (χ0) is 15.5. The maximum atomic E-state index is 12.7. The molecular formula is C13H16ClF3N2O2. The highest BCUT2D eigenvalue weighted by Gasteiger charge is 2.33. The molecule has 2 N–H and O–H groups in total. The van der Waals surface area contributed by atoms with Crippen LogP contribution in [0.1, 0.15) is 18.4 Å². The van der Waals surface area contributed by atoms with E-state index < -0.39 is 17.2 Å². The van der Waals surface area contributed by atoms with E-state index in [0.717, 1.165) is 12.1 Å². The normalized spacial score (nSPS) is 18.5. The number of aromatic nitrogens is 1. The van der Waals surface area contributed by atoms with Gasteiger partial charge in [-0.15, -0.1) is 0 Å². The van der Waals surface area contributed by atoms with Gasteiger partial charge < -0.3 is 15.2 Å². The van der Waals surface area contributed by atoms with Crippen LogP contribution in [0.15, 0.2) is 12.1 Å². The molecule has 4 nitrogen and oxygen atoms in total. The number of aliphatic hydroxyl groups excluding tert-OH is 1. The maximum Gasteiger partial charge on any atom is 0.416 e. The van der Waals surface area contributed by atoms with Crippen molar-refractivity contribution in [3.63, 3.8) is 0 Å². The largest absolute Gasteiger partial charge is 0.416 e. The smallest absolute Gasteiger partial charge is 0.396 e. The number of ether oxygens (including phenoxy) is 1. The fraction of sp³-hybridized carbons (Fsp3) is 0.615. The minimum atomic E-state index is -4.48. The van der Waals surface area contributed by atoms with Crippen LogP contribution < -0.4 is 5.32 Å². The number of pyridine rings is 1. The molecule has 1 aromatic rings. The van der Waals surface area contributed by atoms with Gasteiger partial charge in [0.2, 0.25) is 0 Å². The molecule has 8 heteroatoms. The van der Waals surface area contributed by atoms with Crippen molar-refractivity contribution >= 4 is 17.4 Å². The summed E-state index contributed by atoms with van der Waals surface area (Å²) in [6.07, 6.45) is -3.19. The van der Waals surface area contributed by atoms with Crippen LogP contribution in [0.3, 0.4) is 0 Å². The zero-order valence-corrected chi connectivity index (χ0v) is 12.0. The summed E-state index contributed by atoms with van der Waals surface area (Å²) in [5.74, 6) is 0.0501. The number of alkyl halides is 3. The molecule has 0 bridgehead atoms. The molecule has 0 saturated carbocycles. The van der Waals surface area contributed by atoms with Crippen molar-refractivity contribution in [2.45, 2.75) is 19.0 Å². The lowest BCUT2D eigenvalue weighted by molar-refractivity contribution is -0.137. The summed E-state index contributed by atoms with van der Waals surface area (Å²) in [6.45, 7) is 1.31. The average molecular weight is 325 g/mol. The predicted molar refractivity (Wildman–Crippen MR) is 72.3 cm³/mol. The molecule has 1 saturated heterocycles. The van der Waals surface area contributed by atoms with Crippen molar-refractivity contribution in [2.24, 2.45) is 5.41 Å². The van der Waals surface area contributed by atoms with E-state index >= 15 is 0 Å². The minimum Gasteiger partial charge on any atom is -0.396 e. The Bertz CT molecular complexity index is 491. The third kappa shape index (κ3) is 4.21. The van der Waals surface area contributed by atoms with E-state index in [1.165, 1.54) is 0 Å². The first-order valence-electron chi connectivity index (χ1n) is 6.52. The third-order valence-corrected chi connectivity index (χ3v) is 3.85. The number of halogens is 4. The lowest BCUT2D eigenvalue weighted by Crippen LogP contribution is -2.39. The fourth-order valence-electron chi connectivity index (χ4n) is 2.22. The first-order chi connectivity index (χ1) is 9.85. The Hall–Kier alpha value is -1.05. The molecule has 1 aliphatic heterocycles. The Morgan fingerprint density at radius 3 is 2.57 bits per heavy atom. The standard InChI is InChI=1S/C13H16ClF3N2O2/c14-10-5-9(13(15,16)17)6-11(19-10)18-7-12(8-20)1-3-21-4-2-12/h5-6,20H,1-4,7-8H2,(H,18,19). The maximum absolute atomic E-state index is 12.7. The summed E-state index contributed by atoms with van der Waals surface area (Å²) in [7, 11) is 0. The molecule has 0 spiro atoms. The van der Waals surface area contributed by atoms with Gasteiger partial charge >= 0.3 is 6.18 Å². The Labute approximate surface area is 125 Å². The summed E-state index contributed by atoms with van der Waals surface area (Å²) >= 11 is 5.63. The van der Waals surface area contributed by atoms with Crippen molar-refractivity contribution in [3.05, 3.63) is 22.8 Å². The first-order valence-corrected chi connectivity index (χ1v) is 6.90. The van der Waals surface area contributed by atoms with Gasteiger partial charge in [-0.3, -0.25) is 0 Å². The molecule has 0 amide bonds. The molecule has 2 rings (SSSR count). The van der Waals surface area contributed by atoms with Gasteiger partial charge in [0.15, 0.2) is 0 Å². The van der Waals surface area contributed by atoms with Gasteiger partial charge in [-0.2, -0.15) is 13.2 Å². The molecule has 1 aliphatic rings. The summed E-state index contributed by atoms with van der Waals surface area (Å²) in [5.41, 5.74) is -1.25. The molecule has 0 atom stereocenters. The summed E-state index contributed by atoms with van der Waals surface area (Å²) < 4.78 is 43.4. The number of hydrogen-bond acceptors (Lipinski definition) is 4. The van der Waals surface area contributed by atoms with E-state index in [9.17, 15) is 18.3 Å². The van der Waals surface area contributed by atoms with Gasteiger partial charge in [0.25, 0.3) is 0 Å². The number of aliphatic hydroxyl groups is 1. The molecule has 2 heterocycles. The Balaban J connectivity index is 2.10. The third-order valence-electron chi connectivity index (χ3n) is 3.65. The molecule has 0 unspecified atom stereocenters. The summed E-state index contributed by atoms with van der Waals surface area (Å²) in [5, 5.41) is 12.2. The molecule has 21 heavy (non-hydrogen) atoms. The lowest BCUT2D eigenvalue weighted by Gasteiger charge is -2.35. The van der Waals surface area contributed by atoms with Crippen LogP contribution in [0.25, 0.3) is 0 Å². The molecule has 0 radical (unpaired) electrons. The van der Waals surface area contributed by atoms with Crippen molar-refractivity contribution in [2.75, 3.05) is 31.7 Å². The number of rotatable bonds is 4. The molecule has 118 valence electrons. The van der Waals surface area contributed by atoms with Crippen molar-refractivity contribution < 1.29 is 23.0 Å². The topological polar surface area (TPSA) is 54.4 Å². The van der Waals surface area contributed by atoms with Gasteiger partial charge in [0, 0.05) is 25.2 Å². The summed E-state index contributed by atoms with van der Waals surface area (Å²) in [6, 6.07) is 1.69. The van der Waals surface area contributed by atoms with Crippen molar-refractivity contribution in [3.8, 4) is 0 Å². The monoisotopic (exact) mass is 324 g/mol. The fourth-order valence-corrected chi connectivity index (χ4v) is 2.43. The van der Waals surface area contributed by atoms with Crippen molar-refractivity contribution in [1.29, 1.82) is 0 Å². The molecule has 0 aliphatic carbocycles. The van der Waals surface area contributed by atoms with E-state index in [1.54, 1.807) is 0 Å². The van der Waals surface area contributed by atoms with Crippen LogP contribution in [0.5, 0.6) is 0 Å². The van der Waals surface area contributed by atoms with Crippen molar-refractivity contribution in [1.82, 2.24) is 4.98 Å². The molecule has 1 aromatic heterocycles. The van der Waals surface area contributed by atoms with Gasteiger partial charge in [-0.1, -0.05) is 11.6 Å². The quantitative estimate of drug-likeness (QED) is 0.836. The van der Waals surface area contributed by atoms with Crippen LogP contribution in [-0.4, -0.2) is 36.5 Å². The van der Waals surface area contributed by atoms with Gasteiger partial charge in [-0.05, 0) is 25.0 Å². The SMILES string of the molecule is OCC1(CNc2cc(C(F)(F)F)cc(Cl)n2)CCOCC1. The van der Waals surface area contributed by atoms with Crippen LogP contribution >= 0.6 is 11.6 Å². The highest BCUT2D eigenvalue weighted by molar-refractivity contribution is 6.29.